The Morgan fingerprint density at radius 1 is 1.12 bits per heavy atom. The van der Waals surface area contributed by atoms with Crippen LogP contribution in [0.5, 0.6) is 0 Å². The number of nitrogens with zero attached hydrogens (tertiary/aromatic N) is 2. The van der Waals surface area contributed by atoms with Crippen molar-refractivity contribution in [2.75, 3.05) is 0 Å². The molecule has 2 nitrogen and oxygen atoms in total. The van der Waals surface area contributed by atoms with Gasteiger partial charge in [0.25, 0.3) is 0 Å². The molecule has 1 heterocycles. The number of aromatic nitrogens is 2. The first-order valence-electron chi connectivity index (χ1n) is 5.23. The van der Waals surface area contributed by atoms with Crippen LogP contribution in [0.4, 0.5) is 0 Å². The van der Waals surface area contributed by atoms with E-state index in [0.29, 0.717) is 11.0 Å². The van der Waals surface area contributed by atoms with Gasteiger partial charge in [-0.2, -0.15) is 0 Å². The predicted molar refractivity (Wildman–Crippen MR) is 65.7 cm³/mol. The van der Waals surface area contributed by atoms with E-state index in [1.165, 1.54) is 5.56 Å². The predicted octanol–water partition coefficient (Wildman–Crippen LogP) is 3.59. The molecule has 2 rings (SSSR count). The van der Waals surface area contributed by atoms with Crippen molar-refractivity contribution >= 4 is 11.6 Å². The van der Waals surface area contributed by atoms with E-state index < -0.39 is 0 Å². The first-order chi connectivity index (χ1) is 7.66. The van der Waals surface area contributed by atoms with Crippen LogP contribution in [0.25, 0.3) is 0 Å². The van der Waals surface area contributed by atoms with Gasteiger partial charge in [-0.05, 0) is 18.6 Å². The fraction of sp³-hybridized carbons (Fsp3) is 0.231. The summed E-state index contributed by atoms with van der Waals surface area (Å²) in [5.41, 5.74) is 2.19. The second-order valence-electron chi connectivity index (χ2n) is 3.80. The summed E-state index contributed by atoms with van der Waals surface area (Å²) in [5, 5.41) is 0.505. The maximum Gasteiger partial charge on any atom is 0.133 e. The standard InChI is InChI=1S/C13H13ClN2/c1-9(11-6-4-3-5-7-11)12-8-13(14)16-10(2)15-12/h3-9H,1-2H3/t9-/m0/s1. The monoisotopic (exact) mass is 232 g/mol. The van der Waals surface area contributed by atoms with Crippen molar-refractivity contribution in [3.8, 4) is 0 Å². The van der Waals surface area contributed by atoms with Gasteiger partial charge in [0, 0.05) is 5.92 Å². The normalized spacial score (nSPS) is 12.4. The van der Waals surface area contributed by atoms with E-state index in [2.05, 4.69) is 29.0 Å². The molecule has 0 saturated heterocycles. The molecular formula is C13H13ClN2. The highest BCUT2D eigenvalue weighted by molar-refractivity contribution is 6.29. The van der Waals surface area contributed by atoms with Crippen LogP contribution in [0.1, 0.15) is 29.9 Å². The molecule has 0 fully saturated rings. The second-order valence-corrected chi connectivity index (χ2v) is 4.18. The molecule has 0 N–H and O–H groups in total. The van der Waals surface area contributed by atoms with E-state index in [0.717, 1.165) is 5.69 Å². The molecule has 16 heavy (non-hydrogen) atoms. The molecule has 82 valence electrons. The van der Waals surface area contributed by atoms with Crippen LogP contribution in [-0.2, 0) is 0 Å². The lowest BCUT2D eigenvalue weighted by Gasteiger charge is -2.11. The molecule has 0 unspecified atom stereocenters. The van der Waals surface area contributed by atoms with E-state index >= 15 is 0 Å². The van der Waals surface area contributed by atoms with E-state index in [1.54, 1.807) is 0 Å². The molecule has 0 bridgehead atoms. The smallest absolute Gasteiger partial charge is 0.133 e. The zero-order valence-electron chi connectivity index (χ0n) is 9.31. The first-order valence-corrected chi connectivity index (χ1v) is 5.60. The fourth-order valence-corrected chi connectivity index (χ4v) is 1.92. The molecule has 0 saturated carbocycles. The Kier molecular flexibility index (Phi) is 3.20. The maximum absolute atomic E-state index is 5.93. The van der Waals surface area contributed by atoms with Gasteiger partial charge in [-0.15, -0.1) is 0 Å². The van der Waals surface area contributed by atoms with Crippen molar-refractivity contribution in [3.05, 3.63) is 58.6 Å². The average molecular weight is 233 g/mol. The minimum absolute atomic E-state index is 0.236. The average Bonchev–Trinajstić information content (AvgIpc) is 2.28. The number of aryl methyl sites for hydroxylation is 1. The van der Waals surface area contributed by atoms with Crippen LogP contribution in [-0.4, -0.2) is 9.97 Å². The fourth-order valence-electron chi connectivity index (χ4n) is 1.69. The molecule has 1 aromatic heterocycles. The molecule has 1 aromatic carbocycles. The third kappa shape index (κ3) is 2.39. The highest BCUT2D eigenvalue weighted by atomic mass is 35.5. The Bertz CT molecular complexity index is 462. The Morgan fingerprint density at radius 2 is 1.81 bits per heavy atom. The Hall–Kier alpha value is -1.41. The van der Waals surface area contributed by atoms with Gasteiger partial charge in [-0.3, -0.25) is 0 Å². The van der Waals surface area contributed by atoms with Gasteiger partial charge in [0.2, 0.25) is 0 Å². The lowest BCUT2D eigenvalue weighted by molar-refractivity contribution is 0.842. The van der Waals surface area contributed by atoms with Crippen LogP contribution < -0.4 is 0 Å². The SMILES string of the molecule is Cc1nc(Cl)cc([C@@H](C)c2ccccc2)n1. The Labute approximate surface area is 100 Å². The molecule has 3 heteroatoms. The van der Waals surface area contributed by atoms with Crippen LogP contribution in [0.3, 0.4) is 0 Å². The summed E-state index contributed by atoms with van der Waals surface area (Å²) >= 11 is 5.93. The number of hydrogen-bond donors (Lipinski definition) is 0. The van der Waals surface area contributed by atoms with Crippen molar-refractivity contribution in [1.29, 1.82) is 0 Å². The van der Waals surface area contributed by atoms with Gasteiger partial charge < -0.3 is 0 Å². The summed E-state index contributed by atoms with van der Waals surface area (Å²) in [6.07, 6.45) is 0. The lowest BCUT2D eigenvalue weighted by Crippen LogP contribution is -2.01. The van der Waals surface area contributed by atoms with Crippen LogP contribution in [0.15, 0.2) is 36.4 Å². The van der Waals surface area contributed by atoms with E-state index in [4.69, 9.17) is 11.6 Å². The van der Waals surface area contributed by atoms with Crippen molar-refractivity contribution in [2.45, 2.75) is 19.8 Å². The van der Waals surface area contributed by atoms with Crippen molar-refractivity contribution in [1.82, 2.24) is 9.97 Å². The van der Waals surface area contributed by atoms with Crippen LogP contribution in [0.2, 0.25) is 5.15 Å². The summed E-state index contributed by atoms with van der Waals surface area (Å²) in [7, 11) is 0. The highest BCUT2D eigenvalue weighted by Crippen LogP contribution is 2.23. The van der Waals surface area contributed by atoms with Crippen molar-refractivity contribution in [3.63, 3.8) is 0 Å². The van der Waals surface area contributed by atoms with Gasteiger partial charge in [-0.1, -0.05) is 48.9 Å². The molecule has 1 atom stereocenters. The zero-order chi connectivity index (χ0) is 11.5. The number of benzene rings is 1. The summed E-state index contributed by atoms with van der Waals surface area (Å²) in [4.78, 5) is 8.48. The van der Waals surface area contributed by atoms with Crippen molar-refractivity contribution in [2.24, 2.45) is 0 Å². The van der Waals surface area contributed by atoms with Crippen LogP contribution >= 0.6 is 11.6 Å². The second kappa shape index (κ2) is 4.62. The Balaban J connectivity index is 2.37. The van der Waals surface area contributed by atoms with Crippen molar-refractivity contribution < 1.29 is 0 Å². The van der Waals surface area contributed by atoms with Gasteiger partial charge in [0.05, 0.1) is 5.69 Å². The molecule has 0 amide bonds. The van der Waals surface area contributed by atoms with Gasteiger partial charge in [0.15, 0.2) is 0 Å². The summed E-state index contributed by atoms with van der Waals surface area (Å²) in [6, 6.07) is 12.1. The van der Waals surface area contributed by atoms with E-state index in [1.807, 2.05) is 31.2 Å². The number of halogens is 1. The zero-order valence-corrected chi connectivity index (χ0v) is 10.1. The third-order valence-electron chi connectivity index (χ3n) is 2.57. The molecular weight excluding hydrogens is 220 g/mol. The summed E-state index contributed by atoms with van der Waals surface area (Å²) in [5.74, 6) is 0.950. The van der Waals surface area contributed by atoms with Gasteiger partial charge in [-0.25, -0.2) is 9.97 Å². The minimum Gasteiger partial charge on any atom is -0.238 e. The first kappa shape index (κ1) is 11.1. The number of rotatable bonds is 2. The number of hydrogen-bond acceptors (Lipinski definition) is 2. The third-order valence-corrected chi connectivity index (χ3v) is 2.76. The molecule has 0 aliphatic rings. The molecule has 0 aliphatic carbocycles. The highest BCUT2D eigenvalue weighted by Gasteiger charge is 2.11. The molecule has 0 aliphatic heterocycles. The summed E-state index contributed by atoms with van der Waals surface area (Å²) < 4.78 is 0. The maximum atomic E-state index is 5.93. The van der Waals surface area contributed by atoms with Gasteiger partial charge >= 0.3 is 0 Å². The summed E-state index contributed by atoms with van der Waals surface area (Å²) in [6.45, 7) is 3.97. The van der Waals surface area contributed by atoms with E-state index in [-0.39, 0.29) is 5.92 Å². The molecule has 0 spiro atoms. The van der Waals surface area contributed by atoms with E-state index in [9.17, 15) is 0 Å². The lowest BCUT2D eigenvalue weighted by atomic mass is 9.98. The quantitative estimate of drug-likeness (QED) is 0.740. The minimum atomic E-state index is 0.236. The largest absolute Gasteiger partial charge is 0.238 e. The van der Waals surface area contributed by atoms with Gasteiger partial charge in [0.1, 0.15) is 11.0 Å². The molecule has 0 radical (unpaired) electrons. The molecule has 2 aromatic rings. The Morgan fingerprint density at radius 3 is 2.44 bits per heavy atom. The van der Waals surface area contributed by atoms with Crippen LogP contribution in [0, 0.1) is 6.92 Å². The topological polar surface area (TPSA) is 25.8 Å².